The Balaban J connectivity index is 1.60. The lowest BCUT2D eigenvalue weighted by molar-refractivity contribution is 0.0954. The number of amides is 1. The van der Waals surface area contributed by atoms with Crippen LogP contribution in [0, 0.1) is 20.8 Å². The zero-order valence-electron chi connectivity index (χ0n) is 17.7. The molecule has 0 radical (unpaired) electrons. The van der Waals surface area contributed by atoms with E-state index in [4.69, 9.17) is 0 Å². The number of carbonyl (C=O) groups is 1. The van der Waals surface area contributed by atoms with E-state index in [1.54, 1.807) is 23.1 Å². The van der Waals surface area contributed by atoms with Crippen LogP contribution in [0.15, 0.2) is 55.2 Å². The number of nitrogens with one attached hydrogen (secondary N) is 1. The molecule has 0 atom stereocenters. The van der Waals surface area contributed by atoms with Gasteiger partial charge in [0.15, 0.2) is 0 Å². The molecule has 0 aliphatic carbocycles. The van der Waals surface area contributed by atoms with Gasteiger partial charge in [-0.3, -0.25) is 19.7 Å². The van der Waals surface area contributed by atoms with E-state index in [1.165, 1.54) is 6.33 Å². The number of rotatable bonds is 6. The monoisotopic (exact) mass is 413 g/mol. The Bertz CT molecular complexity index is 1200. The average molecular weight is 413 g/mol. The molecule has 3 aromatic heterocycles. The third-order valence-electron chi connectivity index (χ3n) is 4.85. The fourth-order valence-corrected chi connectivity index (χ4v) is 3.16. The van der Waals surface area contributed by atoms with E-state index in [-0.39, 0.29) is 5.91 Å². The Hall–Kier alpha value is -3.94. The van der Waals surface area contributed by atoms with Gasteiger partial charge >= 0.3 is 0 Å². The third-order valence-corrected chi connectivity index (χ3v) is 4.85. The van der Waals surface area contributed by atoms with Crippen molar-refractivity contribution >= 4 is 5.91 Å². The topological polar surface area (TPSA) is 98.5 Å². The maximum absolute atomic E-state index is 12.9. The predicted octanol–water partition coefficient (Wildman–Crippen LogP) is 3.02. The molecule has 1 amide bonds. The molecule has 0 fully saturated rings. The van der Waals surface area contributed by atoms with Crippen molar-refractivity contribution < 1.29 is 4.79 Å². The van der Waals surface area contributed by atoms with E-state index in [0.717, 1.165) is 39.7 Å². The summed E-state index contributed by atoms with van der Waals surface area (Å²) in [5.41, 5.74) is 5.68. The van der Waals surface area contributed by atoms with Crippen LogP contribution in [0.25, 0.3) is 16.9 Å². The molecule has 156 valence electrons. The van der Waals surface area contributed by atoms with Crippen molar-refractivity contribution in [3.63, 3.8) is 0 Å². The van der Waals surface area contributed by atoms with Crippen LogP contribution in [0.4, 0.5) is 0 Å². The first-order chi connectivity index (χ1) is 15.0. The Morgan fingerprint density at radius 3 is 2.52 bits per heavy atom. The molecule has 1 aromatic carbocycles. The second-order valence-electron chi connectivity index (χ2n) is 7.36. The molecular weight excluding hydrogens is 390 g/mol. The molecule has 0 saturated heterocycles. The maximum Gasteiger partial charge on any atom is 0.251 e. The van der Waals surface area contributed by atoms with Crippen LogP contribution in [0.1, 0.15) is 33.1 Å². The summed E-state index contributed by atoms with van der Waals surface area (Å²) in [5.74, 6) is 0.561. The van der Waals surface area contributed by atoms with E-state index in [2.05, 4.69) is 30.4 Å². The van der Waals surface area contributed by atoms with Gasteiger partial charge in [-0.25, -0.2) is 9.67 Å². The molecule has 4 aromatic rings. The number of hydrogen-bond donors (Lipinski definition) is 1. The predicted molar refractivity (Wildman–Crippen MR) is 117 cm³/mol. The van der Waals surface area contributed by atoms with Crippen molar-refractivity contribution in [1.29, 1.82) is 0 Å². The molecule has 4 rings (SSSR count). The summed E-state index contributed by atoms with van der Waals surface area (Å²) in [7, 11) is 0. The van der Waals surface area contributed by atoms with Crippen LogP contribution >= 0.6 is 0 Å². The number of pyridine rings is 1. The Labute approximate surface area is 180 Å². The van der Waals surface area contributed by atoms with Gasteiger partial charge in [0, 0.05) is 42.7 Å². The summed E-state index contributed by atoms with van der Waals surface area (Å²) in [6.07, 6.45) is 7.37. The first-order valence-corrected chi connectivity index (χ1v) is 10.0. The quantitative estimate of drug-likeness (QED) is 0.522. The second-order valence-corrected chi connectivity index (χ2v) is 7.36. The van der Waals surface area contributed by atoms with E-state index in [0.29, 0.717) is 18.5 Å². The number of carbonyl (C=O) groups excluding carboxylic acids is 1. The first-order valence-electron chi connectivity index (χ1n) is 10.0. The van der Waals surface area contributed by atoms with Gasteiger partial charge in [-0.05, 0) is 50.6 Å². The van der Waals surface area contributed by atoms with Gasteiger partial charge in [-0.1, -0.05) is 6.07 Å². The van der Waals surface area contributed by atoms with Crippen molar-refractivity contribution in [2.75, 3.05) is 6.54 Å². The molecule has 0 spiro atoms. The lowest BCUT2D eigenvalue weighted by Crippen LogP contribution is -2.26. The van der Waals surface area contributed by atoms with Crippen molar-refractivity contribution in [3.8, 4) is 16.9 Å². The SMILES string of the molecule is Cc1ccc(-c2cc(C(=O)NCCc3cnc(C)cn3)cc(-n3ncnc3C)c2)nc1. The van der Waals surface area contributed by atoms with E-state index in [1.807, 2.05) is 51.2 Å². The normalized spacial score (nSPS) is 10.8. The van der Waals surface area contributed by atoms with Crippen LogP contribution in [0.5, 0.6) is 0 Å². The highest BCUT2D eigenvalue weighted by Gasteiger charge is 2.13. The van der Waals surface area contributed by atoms with Gasteiger partial charge < -0.3 is 5.32 Å². The second kappa shape index (κ2) is 8.83. The minimum atomic E-state index is -0.173. The fourth-order valence-electron chi connectivity index (χ4n) is 3.16. The van der Waals surface area contributed by atoms with Crippen molar-refractivity contribution in [2.45, 2.75) is 27.2 Å². The molecule has 8 nitrogen and oxygen atoms in total. The Morgan fingerprint density at radius 1 is 0.968 bits per heavy atom. The largest absolute Gasteiger partial charge is 0.352 e. The highest BCUT2D eigenvalue weighted by atomic mass is 16.1. The Kier molecular flexibility index (Phi) is 5.79. The molecular formula is C23H23N7O. The lowest BCUT2D eigenvalue weighted by Gasteiger charge is -2.11. The number of aryl methyl sites for hydroxylation is 3. The standard InChI is InChI=1S/C23H23N7O/c1-15-4-5-22(27-11-15)18-8-19(10-21(9-18)30-17(3)28-14-29-30)23(31)24-7-6-20-13-25-16(2)12-26-20/h4-5,8-14H,6-7H2,1-3H3,(H,24,31). The minimum absolute atomic E-state index is 0.173. The van der Waals surface area contributed by atoms with Crippen molar-refractivity contribution in [1.82, 2.24) is 35.0 Å². The van der Waals surface area contributed by atoms with Gasteiger partial charge in [0.05, 0.1) is 22.8 Å². The van der Waals surface area contributed by atoms with Gasteiger partial charge in [0.25, 0.3) is 5.91 Å². The molecule has 0 unspecified atom stereocenters. The number of benzene rings is 1. The zero-order chi connectivity index (χ0) is 21.8. The van der Waals surface area contributed by atoms with Gasteiger partial charge in [-0.15, -0.1) is 0 Å². The molecule has 8 heteroatoms. The smallest absolute Gasteiger partial charge is 0.251 e. The number of aromatic nitrogens is 6. The Morgan fingerprint density at radius 2 is 1.84 bits per heavy atom. The maximum atomic E-state index is 12.9. The molecule has 31 heavy (non-hydrogen) atoms. The van der Waals surface area contributed by atoms with E-state index >= 15 is 0 Å². The van der Waals surface area contributed by atoms with Crippen LogP contribution in [-0.4, -0.2) is 42.2 Å². The van der Waals surface area contributed by atoms with Crippen LogP contribution in [0.2, 0.25) is 0 Å². The molecule has 0 bridgehead atoms. The number of nitrogens with zero attached hydrogens (tertiary/aromatic N) is 6. The lowest BCUT2D eigenvalue weighted by atomic mass is 10.0. The van der Waals surface area contributed by atoms with Crippen molar-refractivity contribution in [2.24, 2.45) is 0 Å². The van der Waals surface area contributed by atoms with Gasteiger partial charge in [-0.2, -0.15) is 5.10 Å². The number of hydrogen-bond acceptors (Lipinski definition) is 6. The fraction of sp³-hybridized carbons (Fsp3) is 0.217. The molecule has 0 saturated carbocycles. The summed E-state index contributed by atoms with van der Waals surface area (Å²) in [6, 6.07) is 9.55. The van der Waals surface area contributed by atoms with Crippen LogP contribution in [0.3, 0.4) is 0 Å². The summed E-state index contributed by atoms with van der Waals surface area (Å²) in [5, 5.41) is 7.25. The summed E-state index contributed by atoms with van der Waals surface area (Å²) < 4.78 is 1.70. The van der Waals surface area contributed by atoms with E-state index in [9.17, 15) is 4.79 Å². The molecule has 1 N–H and O–H groups in total. The average Bonchev–Trinajstić information content (AvgIpc) is 3.21. The van der Waals surface area contributed by atoms with Crippen LogP contribution in [-0.2, 0) is 6.42 Å². The summed E-state index contributed by atoms with van der Waals surface area (Å²) in [6.45, 7) is 6.21. The molecule has 3 heterocycles. The van der Waals surface area contributed by atoms with E-state index < -0.39 is 0 Å². The highest BCUT2D eigenvalue weighted by Crippen LogP contribution is 2.23. The highest BCUT2D eigenvalue weighted by molar-refractivity contribution is 5.96. The minimum Gasteiger partial charge on any atom is -0.352 e. The summed E-state index contributed by atoms with van der Waals surface area (Å²) in [4.78, 5) is 30.2. The van der Waals surface area contributed by atoms with Gasteiger partial charge in [0.1, 0.15) is 12.2 Å². The first kappa shape index (κ1) is 20.3. The van der Waals surface area contributed by atoms with Crippen molar-refractivity contribution in [3.05, 3.63) is 83.6 Å². The molecule has 0 aliphatic rings. The molecule has 0 aliphatic heterocycles. The zero-order valence-corrected chi connectivity index (χ0v) is 17.7. The van der Waals surface area contributed by atoms with Gasteiger partial charge in [0.2, 0.25) is 0 Å². The summed E-state index contributed by atoms with van der Waals surface area (Å²) >= 11 is 0. The van der Waals surface area contributed by atoms with Crippen LogP contribution < -0.4 is 5.32 Å². The third kappa shape index (κ3) is 4.80.